The summed E-state index contributed by atoms with van der Waals surface area (Å²) in [6.07, 6.45) is 1.66. The average molecular weight is 474 g/mol. The van der Waals surface area contributed by atoms with Gasteiger partial charge in [0.25, 0.3) is 11.8 Å². The molecular weight excluding hydrogens is 442 g/mol. The van der Waals surface area contributed by atoms with Crippen molar-refractivity contribution in [2.45, 2.75) is 12.8 Å². The fourth-order valence-corrected chi connectivity index (χ4v) is 3.71. The summed E-state index contributed by atoms with van der Waals surface area (Å²) < 4.78 is 8.84. The highest BCUT2D eigenvalue weighted by atomic mass is 32.2. The second kappa shape index (κ2) is 12.9. The zero-order chi connectivity index (χ0) is 24.4. The van der Waals surface area contributed by atoms with E-state index in [1.54, 1.807) is 18.2 Å². The van der Waals surface area contributed by atoms with E-state index in [2.05, 4.69) is 35.1 Å². The number of hydrogen-bond acceptors (Lipinski definition) is 7. The molecule has 5 N–H and O–H groups in total. The molecule has 1 aliphatic rings. The zero-order valence-corrected chi connectivity index (χ0v) is 19.6. The standard InChI is InChI=1S/C24H31N3O5S/c1-5-33-27-17(4)32-14-22-20(12-15(2)23(30)25-8-10-28)16(3)19-7-6-18(13-21(19)22)24(31)26-9-11-29/h6-7,12-13,22,27-29H,2-5,8-11,14H2,1H3,(H,25,30)(H,26,31)/b20-12+. The minimum absolute atomic E-state index is 0.127. The molecule has 178 valence electrons. The Balaban J connectivity index is 2.36. The molecule has 0 heterocycles. The van der Waals surface area contributed by atoms with Gasteiger partial charge in [0.05, 0.1) is 13.2 Å². The van der Waals surface area contributed by atoms with Crippen LogP contribution < -0.4 is 15.4 Å². The van der Waals surface area contributed by atoms with E-state index >= 15 is 0 Å². The summed E-state index contributed by atoms with van der Waals surface area (Å²) in [5, 5.41) is 23.1. The van der Waals surface area contributed by atoms with Crippen molar-refractivity contribution in [1.29, 1.82) is 0 Å². The monoisotopic (exact) mass is 473 g/mol. The first kappa shape index (κ1) is 26.2. The number of benzene rings is 1. The third-order valence-electron chi connectivity index (χ3n) is 4.91. The van der Waals surface area contributed by atoms with Crippen molar-refractivity contribution in [1.82, 2.24) is 15.4 Å². The maximum atomic E-state index is 12.4. The molecule has 9 heteroatoms. The van der Waals surface area contributed by atoms with Gasteiger partial charge in [0.1, 0.15) is 6.61 Å². The van der Waals surface area contributed by atoms with Gasteiger partial charge in [-0.15, -0.1) is 0 Å². The molecule has 1 unspecified atom stereocenters. The lowest BCUT2D eigenvalue weighted by atomic mass is 9.95. The molecule has 0 aromatic heterocycles. The van der Waals surface area contributed by atoms with Crippen molar-refractivity contribution in [2.75, 3.05) is 38.7 Å². The Hall–Kier alpha value is -3.01. The van der Waals surface area contributed by atoms with E-state index in [-0.39, 0.29) is 50.3 Å². The number of carbonyl (C=O) groups excluding carboxylic acids is 2. The molecule has 1 aliphatic carbocycles. The summed E-state index contributed by atoms with van der Waals surface area (Å²) in [7, 11) is 0. The van der Waals surface area contributed by atoms with E-state index in [1.807, 2.05) is 13.0 Å². The number of rotatable bonds is 13. The molecule has 2 rings (SSSR count). The lowest BCUT2D eigenvalue weighted by Crippen LogP contribution is -2.27. The molecule has 1 atom stereocenters. The molecule has 0 saturated carbocycles. The molecule has 0 bridgehead atoms. The van der Waals surface area contributed by atoms with Crippen molar-refractivity contribution in [3.63, 3.8) is 0 Å². The molecule has 0 spiro atoms. The van der Waals surface area contributed by atoms with Crippen LogP contribution in [0.25, 0.3) is 5.57 Å². The van der Waals surface area contributed by atoms with Crippen molar-refractivity contribution in [3.05, 3.63) is 77.7 Å². The van der Waals surface area contributed by atoms with Crippen molar-refractivity contribution in [3.8, 4) is 0 Å². The highest BCUT2D eigenvalue weighted by molar-refractivity contribution is 7.97. The Kier molecular flexibility index (Phi) is 10.2. The lowest BCUT2D eigenvalue weighted by molar-refractivity contribution is -0.117. The van der Waals surface area contributed by atoms with Crippen LogP contribution in [0.3, 0.4) is 0 Å². The van der Waals surface area contributed by atoms with Gasteiger partial charge < -0.3 is 30.3 Å². The number of aliphatic hydroxyl groups is 2. The van der Waals surface area contributed by atoms with E-state index < -0.39 is 5.91 Å². The van der Waals surface area contributed by atoms with Crippen molar-refractivity contribution in [2.24, 2.45) is 0 Å². The number of ether oxygens (including phenoxy) is 1. The smallest absolute Gasteiger partial charge is 0.251 e. The Morgan fingerprint density at radius 3 is 2.55 bits per heavy atom. The van der Waals surface area contributed by atoms with Crippen LogP contribution in [0.1, 0.15) is 34.3 Å². The number of aliphatic hydroxyl groups excluding tert-OH is 2. The van der Waals surface area contributed by atoms with Gasteiger partial charge in [0.2, 0.25) is 0 Å². The summed E-state index contributed by atoms with van der Waals surface area (Å²) in [6, 6.07) is 5.28. The molecule has 8 nitrogen and oxygen atoms in total. The highest BCUT2D eigenvalue weighted by Crippen LogP contribution is 2.45. The first-order chi connectivity index (χ1) is 15.8. The van der Waals surface area contributed by atoms with Gasteiger partial charge in [0, 0.05) is 35.9 Å². The normalized spacial score (nSPS) is 15.7. The average Bonchev–Trinajstić information content (AvgIpc) is 3.08. The van der Waals surface area contributed by atoms with Crippen LogP contribution in [0.5, 0.6) is 0 Å². The number of nitrogens with one attached hydrogen (secondary N) is 3. The number of allylic oxidation sites excluding steroid dienone is 1. The van der Waals surface area contributed by atoms with Gasteiger partial charge in [-0.2, -0.15) is 0 Å². The van der Waals surface area contributed by atoms with E-state index in [4.69, 9.17) is 14.9 Å². The molecule has 0 radical (unpaired) electrons. The van der Waals surface area contributed by atoms with Crippen LogP contribution >= 0.6 is 11.9 Å². The molecular formula is C24H31N3O5S. The minimum Gasteiger partial charge on any atom is -0.478 e. The second-order valence-corrected chi connectivity index (χ2v) is 8.26. The topological polar surface area (TPSA) is 120 Å². The summed E-state index contributed by atoms with van der Waals surface area (Å²) >= 11 is 1.45. The van der Waals surface area contributed by atoms with Crippen LogP contribution in [-0.2, 0) is 9.53 Å². The fourth-order valence-electron chi connectivity index (χ4n) is 3.34. The predicted molar refractivity (Wildman–Crippen MR) is 131 cm³/mol. The fraction of sp³-hybridized carbons (Fsp3) is 0.333. The van der Waals surface area contributed by atoms with Crippen molar-refractivity contribution < 1.29 is 24.5 Å². The maximum Gasteiger partial charge on any atom is 0.251 e. The second-order valence-electron chi connectivity index (χ2n) is 7.19. The summed E-state index contributed by atoms with van der Waals surface area (Å²) in [5.74, 6) is 0.232. The lowest BCUT2D eigenvalue weighted by Gasteiger charge is -2.18. The van der Waals surface area contributed by atoms with E-state index in [9.17, 15) is 9.59 Å². The quantitative estimate of drug-likeness (QED) is 0.168. The Morgan fingerprint density at radius 1 is 1.18 bits per heavy atom. The Bertz CT molecular complexity index is 957. The number of fused-ring (bicyclic) bond motifs is 1. The third kappa shape index (κ3) is 6.98. The van der Waals surface area contributed by atoms with E-state index in [0.717, 1.165) is 22.5 Å². The summed E-state index contributed by atoms with van der Waals surface area (Å²) in [5.41, 5.74) is 3.80. The molecule has 2 amide bonds. The summed E-state index contributed by atoms with van der Waals surface area (Å²) in [6.45, 7) is 14.1. The Labute approximate surface area is 198 Å². The number of hydrogen-bond donors (Lipinski definition) is 5. The van der Waals surface area contributed by atoms with Crippen LogP contribution in [0.2, 0.25) is 0 Å². The van der Waals surface area contributed by atoms with Crippen LogP contribution in [0.4, 0.5) is 0 Å². The van der Waals surface area contributed by atoms with Crippen LogP contribution in [0.15, 0.2) is 61.0 Å². The maximum absolute atomic E-state index is 12.4. The zero-order valence-electron chi connectivity index (χ0n) is 18.8. The largest absolute Gasteiger partial charge is 0.478 e. The van der Waals surface area contributed by atoms with Gasteiger partial charge in [-0.1, -0.05) is 38.1 Å². The van der Waals surface area contributed by atoms with Gasteiger partial charge in [-0.25, -0.2) is 0 Å². The molecule has 1 aromatic carbocycles. The first-order valence-corrected chi connectivity index (χ1v) is 11.5. The molecule has 0 fully saturated rings. The first-order valence-electron chi connectivity index (χ1n) is 10.6. The number of carbonyl (C=O) groups is 2. The highest BCUT2D eigenvalue weighted by Gasteiger charge is 2.32. The number of amides is 2. The van der Waals surface area contributed by atoms with E-state index in [0.29, 0.717) is 17.0 Å². The predicted octanol–water partition coefficient (Wildman–Crippen LogP) is 1.86. The van der Waals surface area contributed by atoms with Gasteiger partial charge >= 0.3 is 0 Å². The Morgan fingerprint density at radius 2 is 1.88 bits per heavy atom. The third-order valence-corrected chi connectivity index (χ3v) is 5.57. The van der Waals surface area contributed by atoms with Gasteiger partial charge in [-0.3, -0.25) is 9.59 Å². The molecule has 0 saturated heterocycles. The molecule has 0 aliphatic heterocycles. The van der Waals surface area contributed by atoms with E-state index in [1.165, 1.54) is 11.9 Å². The van der Waals surface area contributed by atoms with Crippen LogP contribution in [-0.4, -0.2) is 60.7 Å². The SMILES string of the molecule is C=C(NSCC)OCC1/C(=C/C(=C)C(=O)NCCO)C(=C)c2ccc(C(=O)NCCO)cc21. The molecule has 1 aromatic rings. The van der Waals surface area contributed by atoms with Crippen LogP contribution in [0, 0.1) is 0 Å². The molecule has 33 heavy (non-hydrogen) atoms. The summed E-state index contributed by atoms with van der Waals surface area (Å²) in [4.78, 5) is 24.7. The van der Waals surface area contributed by atoms with Gasteiger partial charge in [-0.05, 0) is 47.1 Å². The van der Waals surface area contributed by atoms with Crippen molar-refractivity contribution >= 4 is 29.3 Å². The van der Waals surface area contributed by atoms with Gasteiger partial charge in [0.15, 0.2) is 5.88 Å². The minimum atomic E-state index is -0.394.